The summed E-state index contributed by atoms with van der Waals surface area (Å²) >= 11 is 0. The van der Waals surface area contributed by atoms with Crippen LogP contribution in [-0.2, 0) is 4.79 Å². The van der Waals surface area contributed by atoms with Crippen molar-refractivity contribution in [1.29, 1.82) is 0 Å². The lowest BCUT2D eigenvalue weighted by molar-refractivity contribution is -0.134. The van der Waals surface area contributed by atoms with Crippen LogP contribution in [-0.4, -0.2) is 62.2 Å². The van der Waals surface area contributed by atoms with Gasteiger partial charge in [-0.1, -0.05) is 12.1 Å². The third kappa shape index (κ3) is 4.98. The Bertz CT molecular complexity index is 1600. The smallest absolute Gasteiger partial charge is 0.256 e. The van der Waals surface area contributed by atoms with Crippen molar-refractivity contribution in [3.8, 4) is 11.3 Å². The second kappa shape index (κ2) is 10.5. The zero-order valence-corrected chi connectivity index (χ0v) is 23.0. The number of hydrogen-bond acceptors (Lipinski definition) is 7. The van der Waals surface area contributed by atoms with E-state index in [1.54, 1.807) is 24.5 Å². The van der Waals surface area contributed by atoms with Crippen molar-refractivity contribution in [2.75, 3.05) is 42.1 Å². The highest BCUT2D eigenvalue weighted by molar-refractivity contribution is 6.04. The van der Waals surface area contributed by atoms with Gasteiger partial charge in [-0.05, 0) is 74.3 Å². The van der Waals surface area contributed by atoms with Crippen LogP contribution < -0.4 is 16.0 Å². The number of rotatable bonds is 6. The first kappa shape index (κ1) is 25.5. The van der Waals surface area contributed by atoms with Crippen LogP contribution in [0.3, 0.4) is 0 Å². The van der Waals surface area contributed by atoms with Crippen LogP contribution in [0.1, 0.15) is 60.4 Å². The number of fused-ring (bicyclic) bond motifs is 1. The molecule has 7 rings (SSSR count). The summed E-state index contributed by atoms with van der Waals surface area (Å²) in [5, 5.41) is 2.92. The summed E-state index contributed by atoms with van der Waals surface area (Å²) in [6.07, 6.45) is 11.7. The summed E-state index contributed by atoms with van der Waals surface area (Å²) in [6, 6.07) is 11.3. The number of carbonyl (C=O) groups excluding carboxylic acids is 2. The lowest BCUT2D eigenvalue weighted by atomic mass is 9.97. The number of piperidine rings is 1. The number of pyridine rings is 1. The minimum atomic E-state index is -0.212. The summed E-state index contributed by atoms with van der Waals surface area (Å²) in [6.45, 7) is 3.18. The number of anilines is 3. The highest BCUT2D eigenvalue weighted by Crippen LogP contribution is 2.40. The summed E-state index contributed by atoms with van der Waals surface area (Å²) in [5.41, 5.74) is 10.4. The largest absolute Gasteiger partial charge is 0.382 e. The first-order chi connectivity index (χ1) is 20.0. The maximum atomic E-state index is 13.2. The molecule has 1 aromatic carbocycles. The van der Waals surface area contributed by atoms with Gasteiger partial charge in [0.1, 0.15) is 22.8 Å². The molecule has 10 nitrogen and oxygen atoms in total. The van der Waals surface area contributed by atoms with Gasteiger partial charge in [0.15, 0.2) is 0 Å². The van der Waals surface area contributed by atoms with Crippen molar-refractivity contribution < 1.29 is 9.59 Å². The standard InChI is InChI=1S/C31H34N8O2/c32-28-27-26(21-7-9-22(10-8-21)29(40)35-25-18-23(11-12-33-25)20-5-6-20)36-31(39(27)17-13-34-28)38-16-3-4-24(19-38)30(41)37-14-1-2-15-37/h7-13,17-18,20,24H,1-6,14-16,19H2,(H2,32,34)(H,33,35,40). The van der Waals surface area contributed by atoms with Crippen molar-refractivity contribution in [2.45, 2.75) is 44.4 Å². The van der Waals surface area contributed by atoms with Gasteiger partial charge in [-0.2, -0.15) is 0 Å². The number of nitrogen functional groups attached to an aromatic ring is 1. The van der Waals surface area contributed by atoms with Crippen LogP contribution >= 0.6 is 0 Å². The second-order valence-corrected chi connectivity index (χ2v) is 11.4. The topological polar surface area (TPSA) is 122 Å². The lowest BCUT2D eigenvalue weighted by Gasteiger charge is -2.34. The third-order valence-corrected chi connectivity index (χ3v) is 8.53. The number of nitrogens with two attached hydrogens (primary N) is 1. The second-order valence-electron chi connectivity index (χ2n) is 11.4. The number of nitrogens with one attached hydrogen (secondary N) is 1. The van der Waals surface area contributed by atoms with Crippen molar-refractivity contribution >= 4 is 34.9 Å². The Kier molecular flexibility index (Phi) is 6.53. The number of imidazole rings is 1. The number of carbonyl (C=O) groups is 2. The van der Waals surface area contributed by atoms with Crippen LogP contribution in [0.25, 0.3) is 16.8 Å². The zero-order chi connectivity index (χ0) is 27.9. The molecule has 0 radical (unpaired) electrons. The predicted octanol–water partition coefficient (Wildman–Crippen LogP) is 4.34. The van der Waals surface area contributed by atoms with E-state index in [4.69, 9.17) is 10.7 Å². The first-order valence-electron chi connectivity index (χ1n) is 14.6. The molecule has 1 unspecified atom stereocenters. The molecule has 1 atom stereocenters. The lowest BCUT2D eigenvalue weighted by Crippen LogP contribution is -2.44. The minimum absolute atomic E-state index is 0.0333. The summed E-state index contributed by atoms with van der Waals surface area (Å²) in [7, 11) is 0. The van der Waals surface area contributed by atoms with E-state index in [1.165, 1.54) is 18.4 Å². The SMILES string of the molecule is Nc1nccn2c(N3CCCC(C(=O)N4CCCC4)C3)nc(-c3ccc(C(=O)Nc4cc(C5CC5)ccn4)cc3)c12. The van der Waals surface area contributed by atoms with Crippen molar-refractivity contribution in [3.05, 3.63) is 66.1 Å². The Morgan fingerprint density at radius 2 is 1.73 bits per heavy atom. The molecule has 210 valence electrons. The molecule has 2 amide bonds. The van der Waals surface area contributed by atoms with Gasteiger partial charge in [0.05, 0.1) is 5.92 Å². The zero-order valence-electron chi connectivity index (χ0n) is 23.0. The van der Waals surface area contributed by atoms with Gasteiger partial charge >= 0.3 is 0 Å². The molecule has 0 spiro atoms. The molecule has 41 heavy (non-hydrogen) atoms. The molecule has 5 heterocycles. The predicted molar refractivity (Wildman–Crippen MR) is 158 cm³/mol. The third-order valence-electron chi connectivity index (χ3n) is 8.53. The van der Waals surface area contributed by atoms with E-state index >= 15 is 0 Å². The van der Waals surface area contributed by atoms with Gasteiger partial charge in [0.25, 0.3) is 5.91 Å². The van der Waals surface area contributed by atoms with Gasteiger partial charge in [-0.25, -0.2) is 15.0 Å². The Hall–Kier alpha value is -4.47. The molecule has 0 bridgehead atoms. The van der Waals surface area contributed by atoms with Crippen LogP contribution in [0.4, 0.5) is 17.6 Å². The maximum Gasteiger partial charge on any atom is 0.256 e. The molecule has 4 aromatic rings. The van der Waals surface area contributed by atoms with Crippen LogP contribution in [0, 0.1) is 5.92 Å². The molecular formula is C31H34N8O2. The van der Waals surface area contributed by atoms with E-state index in [9.17, 15) is 9.59 Å². The number of aromatic nitrogens is 4. The van der Waals surface area contributed by atoms with Gasteiger partial charge in [-0.3, -0.25) is 14.0 Å². The maximum absolute atomic E-state index is 13.2. The van der Waals surface area contributed by atoms with Crippen LogP contribution in [0.5, 0.6) is 0 Å². The number of benzene rings is 1. The molecular weight excluding hydrogens is 516 g/mol. The fourth-order valence-corrected chi connectivity index (χ4v) is 6.18. The van der Waals surface area contributed by atoms with Crippen LogP contribution in [0.15, 0.2) is 55.0 Å². The van der Waals surface area contributed by atoms with Gasteiger partial charge < -0.3 is 20.9 Å². The molecule has 3 aliphatic rings. The molecule has 1 aliphatic carbocycles. The minimum Gasteiger partial charge on any atom is -0.382 e. The monoisotopic (exact) mass is 550 g/mol. The van der Waals surface area contributed by atoms with E-state index in [-0.39, 0.29) is 17.7 Å². The quantitative estimate of drug-likeness (QED) is 0.366. The number of amides is 2. The van der Waals surface area contributed by atoms with E-state index in [2.05, 4.69) is 20.2 Å². The van der Waals surface area contributed by atoms with E-state index in [1.807, 2.05) is 39.8 Å². The fourth-order valence-electron chi connectivity index (χ4n) is 6.18. The van der Waals surface area contributed by atoms with E-state index in [0.29, 0.717) is 40.9 Å². The summed E-state index contributed by atoms with van der Waals surface area (Å²) in [5.74, 6) is 2.31. The normalized spacial score (nSPS) is 19.1. The summed E-state index contributed by atoms with van der Waals surface area (Å²) in [4.78, 5) is 44.1. The Labute approximate surface area is 238 Å². The molecule has 3 N–H and O–H groups in total. The van der Waals surface area contributed by atoms with Crippen molar-refractivity contribution in [2.24, 2.45) is 5.92 Å². The fraction of sp³-hybridized carbons (Fsp3) is 0.387. The molecule has 3 fully saturated rings. The van der Waals surface area contributed by atoms with Gasteiger partial charge in [0.2, 0.25) is 11.9 Å². The number of likely N-dealkylation sites (tertiary alicyclic amines) is 1. The van der Waals surface area contributed by atoms with E-state index < -0.39 is 0 Å². The highest BCUT2D eigenvalue weighted by Gasteiger charge is 2.32. The number of hydrogen-bond donors (Lipinski definition) is 2. The molecule has 1 saturated carbocycles. The molecule has 2 aliphatic heterocycles. The average Bonchev–Trinajstić information content (AvgIpc) is 3.56. The number of nitrogens with zero attached hydrogens (tertiary/aromatic N) is 6. The Morgan fingerprint density at radius 1 is 0.927 bits per heavy atom. The highest BCUT2D eigenvalue weighted by atomic mass is 16.2. The van der Waals surface area contributed by atoms with E-state index in [0.717, 1.165) is 56.8 Å². The van der Waals surface area contributed by atoms with Gasteiger partial charge in [0, 0.05) is 55.9 Å². The average molecular weight is 551 g/mol. The summed E-state index contributed by atoms with van der Waals surface area (Å²) < 4.78 is 1.97. The Morgan fingerprint density at radius 3 is 2.51 bits per heavy atom. The molecule has 10 heteroatoms. The van der Waals surface area contributed by atoms with Crippen molar-refractivity contribution in [1.82, 2.24) is 24.3 Å². The van der Waals surface area contributed by atoms with Gasteiger partial charge in [-0.15, -0.1) is 0 Å². The first-order valence-corrected chi connectivity index (χ1v) is 14.6. The van der Waals surface area contributed by atoms with Crippen molar-refractivity contribution in [3.63, 3.8) is 0 Å². The molecule has 3 aromatic heterocycles. The Balaban J connectivity index is 1.14. The van der Waals surface area contributed by atoms with Crippen LogP contribution in [0.2, 0.25) is 0 Å². The molecule has 2 saturated heterocycles.